The van der Waals surface area contributed by atoms with Gasteiger partial charge in [-0.15, -0.1) is 0 Å². The van der Waals surface area contributed by atoms with Crippen molar-refractivity contribution in [1.82, 2.24) is 0 Å². The molecule has 0 N–H and O–H groups in total. The van der Waals surface area contributed by atoms with Crippen LogP contribution >= 0.6 is 0 Å². The molecule has 0 fully saturated rings. The number of unbranched alkanes of at least 4 members (excludes halogenated alkanes) is 2. The highest BCUT2D eigenvalue weighted by Crippen LogP contribution is 2.36. The van der Waals surface area contributed by atoms with Gasteiger partial charge in [0, 0.05) is 6.61 Å². The van der Waals surface area contributed by atoms with Crippen LogP contribution in [0.5, 0.6) is 0 Å². The zero-order valence-electron chi connectivity index (χ0n) is 16.2. The van der Waals surface area contributed by atoms with Crippen molar-refractivity contribution < 1.29 is 9.22 Å². The Bertz CT molecular complexity index is 648. The predicted octanol–water partition coefficient (Wildman–Crippen LogP) is 4.49. The van der Waals surface area contributed by atoms with Gasteiger partial charge in [0.1, 0.15) is 6.29 Å². The van der Waals surface area contributed by atoms with Gasteiger partial charge in [-0.1, -0.05) is 87.5 Å². The summed E-state index contributed by atoms with van der Waals surface area (Å²) in [5.74, 6) is 0. The Hall–Kier alpha value is -1.97. The van der Waals surface area contributed by atoms with Crippen LogP contribution < -0.4 is 10.4 Å². The van der Waals surface area contributed by atoms with Crippen molar-refractivity contribution in [3.05, 3.63) is 72.8 Å². The van der Waals surface area contributed by atoms with E-state index in [4.69, 9.17) is 4.43 Å². The van der Waals surface area contributed by atoms with E-state index in [0.29, 0.717) is 0 Å². The minimum Gasteiger partial charge on any atom is -0.407 e. The summed E-state index contributed by atoms with van der Waals surface area (Å²) >= 11 is 0. The molecule has 2 rings (SSSR count). The summed E-state index contributed by atoms with van der Waals surface area (Å²) in [5, 5.41) is 2.66. The van der Waals surface area contributed by atoms with Crippen molar-refractivity contribution in [3.8, 4) is 0 Å². The zero-order valence-corrected chi connectivity index (χ0v) is 17.2. The van der Waals surface area contributed by atoms with Gasteiger partial charge in [0.2, 0.25) is 0 Å². The Labute approximate surface area is 159 Å². The van der Waals surface area contributed by atoms with Crippen molar-refractivity contribution in [3.63, 3.8) is 0 Å². The van der Waals surface area contributed by atoms with Crippen molar-refractivity contribution in [1.29, 1.82) is 0 Å². The van der Waals surface area contributed by atoms with E-state index in [0.717, 1.165) is 32.2 Å². The maximum atomic E-state index is 10.3. The molecule has 2 aromatic carbocycles. The molecular weight excluding hydrogens is 336 g/mol. The molecule has 2 nitrogen and oxygen atoms in total. The molecule has 0 aliphatic rings. The lowest BCUT2D eigenvalue weighted by molar-refractivity contribution is -0.104. The number of allylic oxidation sites excluding steroid dienone is 2. The third kappa shape index (κ3) is 4.80. The van der Waals surface area contributed by atoms with Gasteiger partial charge >= 0.3 is 0 Å². The first-order valence-electron chi connectivity index (χ1n) is 9.37. The normalized spacial score (nSPS) is 12.4. The molecule has 0 amide bonds. The fourth-order valence-electron chi connectivity index (χ4n) is 3.50. The first-order valence-corrected chi connectivity index (χ1v) is 11.3. The highest BCUT2D eigenvalue weighted by molar-refractivity contribution is 6.99. The van der Waals surface area contributed by atoms with Crippen molar-refractivity contribution in [2.24, 2.45) is 0 Å². The maximum absolute atomic E-state index is 10.3. The van der Waals surface area contributed by atoms with Gasteiger partial charge in [0.25, 0.3) is 8.32 Å². The SMILES string of the molecule is CC(C)(C)[Si](OCCCCC=CC=O)(c1ccccc1)c1ccccc1. The van der Waals surface area contributed by atoms with E-state index in [-0.39, 0.29) is 5.04 Å². The average Bonchev–Trinajstić information content (AvgIpc) is 2.64. The second kappa shape index (κ2) is 9.65. The summed E-state index contributed by atoms with van der Waals surface area (Å²) in [5.41, 5.74) is 0. The molecule has 0 saturated heterocycles. The third-order valence-corrected chi connectivity index (χ3v) is 9.76. The van der Waals surface area contributed by atoms with E-state index in [2.05, 4.69) is 81.4 Å². The number of benzene rings is 2. The van der Waals surface area contributed by atoms with E-state index in [1.54, 1.807) is 6.08 Å². The molecule has 0 aliphatic carbocycles. The molecular formula is C23H30O2Si. The first-order chi connectivity index (χ1) is 12.5. The van der Waals surface area contributed by atoms with Crippen LogP contribution in [0, 0.1) is 0 Å². The Kier molecular flexibility index (Phi) is 7.55. The van der Waals surface area contributed by atoms with Gasteiger partial charge in [0.15, 0.2) is 0 Å². The molecule has 26 heavy (non-hydrogen) atoms. The molecule has 138 valence electrons. The van der Waals surface area contributed by atoms with Gasteiger partial charge < -0.3 is 4.43 Å². The molecule has 0 heterocycles. The molecule has 0 unspecified atom stereocenters. The molecule has 3 heteroatoms. The van der Waals surface area contributed by atoms with Crippen molar-refractivity contribution in [2.75, 3.05) is 6.61 Å². The van der Waals surface area contributed by atoms with Crippen LogP contribution in [0.25, 0.3) is 0 Å². The second-order valence-corrected chi connectivity index (χ2v) is 11.9. The summed E-state index contributed by atoms with van der Waals surface area (Å²) in [4.78, 5) is 10.3. The highest BCUT2D eigenvalue weighted by Gasteiger charge is 2.49. The van der Waals surface area contributed by atoms with Gasteiger partial charge in [-0.2, -0.15) is 0 Å². The number of carbonyl (C=O) groups excluding carboxylic acids is 1. The number of hydrogen-bond donors (Lipinski definition) is 0. The largest absolute Gasteiger partial charge is 0.407 e. The van der Waals surface area contributed by atoms with E-state index >= 15 is 0 Å². The molecule has 0 bridgehead atoms. The Morgan fingerprint density at radius 2 is 1.42 bits per heavy atom. The Balaban J connectivity index is 2.29. The van der Waals surface area contributed by atoms with E-state index < -0.39 is 8.32 Å². The summed E-state index contributed by atoms with van der Waals surface area (Å²) in [6, 6.07) is 21.5. The summed E-state index contributed by atoms with van der Waals surface area (Å²) in [7, 11) is -2.40. The number of rotatable bonds is 9. The zero-order chi connectivity index (χ0) is 18.9. The molecule has 0 aliphatic heterocycles. The summed E-state index contributed by atoms with van der Waals surface area (Å²) in [6.07, 6.45) is 7.27. The van der Waals surface area contributed by atoms with Crippen LogP contribution in [0.2, 0.25) is 5.04 Å². The van der Waals surface area contributed by atoms with E-state index in [1.807, 2.05) is 6.08 Å². The summed E-state index contributed by atoms with van der Waals surface area (Å²) in [6.45, 7) is 7.63. The van der Waals surface area contributed by atoms with Gasteiger partial charge in [0.05, 0.1) is 0 Å². The fraction of sp³-hybridized carbons (Fsp3) is 0.348. The molecule has 2 aromatic rings. The van der Waals surface area contributed by atoms with Crippen molar-refractivity contribution >= 4 is 25.0 Å². The monoisotopic (exact) mass is 366 g/mol. The molecule has 0 radical (unpaired) electrons. The van der Waals surface area contributed by atoms with Crippen molar-refractivity contribution in [2.45, 2.75) is 45.1 Å². The Morgan fingerprint density at radius 1 is 0.885 bits per heavy atom. The lowest BCUT2D eigenvalue weighted by atomic mass is 10.2. The lowest BCUT2D eigenvalue weighted by Crippen LogP contribution is -2.66. The maximum Gasteiger partial charge on any atom is 0.261 e. The Morgan fingerprint density at radius 3 is 1.88 bits per heavy atom. The first kappa shape index (κ1) is 20.3. The van der Waals surface area contributed by atoms with Crippen LogP contribution in [-0.4, -0.2) is 21.2 Å². The number of hydrogen-bond acceptors (Lipinski definition) is 2. The van der Waals surface area contributed by atoms with Crippen LogP contribution in [-0.2, 0) is 9.22 Å². The average molecular weight is 367 g/mol. The molecule has 0 spiro atoms. The quantitative estimate of drug-likeness (QED) is 0.283. The smallest absolute Gasteiger partial charge is 0.261 e. The van der Waals surface area contributed by atoms with Gasteiger partial charge in [-0.3, -0.25) is 4.79 Å². The van der Waals surface area contributed by atoms with Gasteiger partial charge in [-0.05, 0) is 40.8 Å². The summed E-state index contributed by atoms with van der Waals surface area (Å²) < 4.78 is 6.82. The van der Waals surface area contributed by atoms with Gasteiger partial charge in [-0.25, -0.2) is 0 Å². The fourth-order valence-corrected chi connectivity index (χ4v) is 8.11. The molecule has 0 saturated carbocycles. The van der Waals surface area contributed by atoms with Crippen LogP contribution in [0.15, 0.2) is 72.8 Å². The predicted molar refractivity (Wildman–Crippen MR) is 113 cm³/mol. The topological polar surface area (TPSA) is 26.3 Å². The minimum absolute atomic E-state index is 0.0210. The number of carbonyl (C=O) groups is 1. The second-order valence-electron chi connectivity index (χ2n) is 7.57. The van der Waals surface area contributed by atoms with Crippen LogP contribution in [0.1, 0.15) is 40.0 Å². The third-order valence-electron chi connectivity index (χ3n) is 4.72. The molecule has 0 aromatic heterocycles. The van der Waals surface area contributed by atoms with E-state index in [1.165, 1.54) is 10.4 Å². The van der Waals surface area contributed by atoms with E-state index in [9.17, 15) is 4.79 Å². The van der Waals surface area contributed by atoms with Crippen LogP contribution in [0.4, 0.5) is 0 Å². The highest BCUT2D eigenvalue weighted by atomic mass is 28.4. The minimum atomic E-state index is -2.40. The number of aldehydes is 1. The lowest BCUT2D eigenvalue weighted by Gasteiger charge is -2.43. The standard InChI is InChI=1S/C23H30O2Si/c1-23(2,3)26(21-15-9-7-10-16-21,22-17-11-8-12-18-22)25-20-14-6-4-5-13-19-24/h5,7-13,15-19H,4,6,14,20H2,1-3H3. The van der Waals surface area contributed by atoms with Crippen LogP contribution in [0.3, 0.4) is 0 Å². The molecule has 0 atom stereocenters.